The summed E-state index contributed by atoms with van der Waals surface area (Å²) in [5, 5.41) is 12.7. The second-order valence-electron chi connectivity index (χ2n) is 4.04. The number of hydrogen-bond donors (Lipinski definition) is 2. The Balaban J connectivity index is 2.50. The summed E-state index contributed by atoms with van der Waals surface area (Å²) in [6.07, 6.45) is 0. The van der Waals surface area contributed by atoms with Crippen molar-refractivity contribution < 1.29 is 5.11 Å². The molecule has 0 spiro atoms. The van der Waals surface area contributed by atoms with Gasteiger partial charge in [-0.05, 0) is 31.8 Å². The largest absolute Gasteiger partial charge is 0.394 e. The summed E-state index contributed by atoms with van der Waals surface area (Å²) >= 11 is 3.40. The maximum Gasteiger partial charge on any atom is 0.0626 e. The van der Waals surface area contributed by atoms with E-state index in [-0.39, 0.29) is 12.6 Å². The van der Waals surface area contributed by atoms with Gasteiger partial charge in [-0.15, -0.1) is 0 Å². The highest BCUT2D eigenvalue weighted by atomic mass is 79.9. The predicted octanol–water partition coefficient (Wildman–Crippen LogP) is 1.63. The number of hydrogen-bond acceptors (Lipinski definition) is 3. The lowest BCUT2D eigenvalue weighted by atomic mass is 10.1. The zero-order valence-electron chi connectivity index (χ0n) is 9.78. The lowest BCUT2D eigenvalue weighted by Crippen LogP contribution is -2.31. The van der Waals surface area contributed by atoms with Gasteiger partial charge in [0.1, 0.15) is 0 Å². The quantitative estimate of drug-likeness (QED) is 0.835. The topological polar surface area (TPSA) is 35.5 Å². The summed E-state index contributed by atoms with van der Waals surface area (Å²) in [7, 11) is 4.07. The summed E-state index contributed by atoms with van der Waals surface area (Å²) in [6.45, 7) is 1.95. The molecule has 0 aliphatic rings. The summed E-state index contributed by atoms with van der Waals surface area (Å²) in [5.41, 5.74) is 1.12. The lowest BCUT2D eigenvalue weighted by molar-refractivity contribution is 0.240. The number of aliphatic hydroxyl groups excluding tert-OH is 1. The minimum Gasteiger partial charge on any atom is -0.394 e. The molecule has 3 nitrogen and oxygen atoms in total. The molecule has 2 N–H and O–H groups in total. The Morgan fingerprint density at radius 2 is 1.94 bits per heavy atom. The Hall–Kier alpha value is -0.420. The van der Waals surface area contributed by atoms with Gasteiger partial charge in [0.25, 0.3) is 0 Å². The fourth-order valence-electron chi connectivity index (χ4n) is 1.45. The van der Waals surface area contributed by atoms with Crippen molar-refractivity contribution in [3.63, 3.8) is 0 Å². The van der Waals surface area contributed by atoms with E-state index >= 15 is 0 Å². The molecule has 0 heterocycles. The first-order chi connectivity index (χ1) is 7.63. The minimum absolute atomic E-state index is 0.0213. The molecule has 1 atom stereocenters. The standard InChI is InChI=1S/C12H19BrN2O/c1-15(2)8-7-14-12(9-16)10-3-5-11(13)6-4-10/h3-6,12,14,16H,7-9H2,1-2H3. The molecule has 0 aliphatic carbocycles. The van der Waals surface area contributed by atoms with Crippen molar-refractivity contribution in [1.29, 1.82) is 0 Å². The molecular formula is C12H19BrN2O. The van der Waals surface area contributed by atoms with Crippen LogP contribution in [-0.2, 0) is 0 Å². The van der Waals surface area contributed by atoms with Crippen molar-refractivity contribution in [1.82, 2.24) is 10.2 Å². The van der Waals surface area contributed by atoms with Crippen LogP contribution in [0.2, 0.25) is 0 Å². The first kappa shape index (κ1) is 13.6. The van der Waals surface area contributed by atoms with E-state index in [0.29, 0.717) is 0 Å². The molecule has 0 amide bonds. The van der Waals surface area contributed by atoms with E-state index in [0.717, 1.165) is 23.1 Å². The van der Waals surface area contributed by atoms with Crippen molar-refractivity contribution in [2.75, 3.05) is 33.8 Å². The second kappa shape index (κ2) is 7.01. The lowest BCUT2D eigenvalue weighted by Gasteiger charge is -2.18. The highest BCUT2D eigenvalue weighted by Crippen LogP contribution is 2.16. The van der Waals surface area contributed by atoms with Gasteiger partial charge in [0, 0.05) is 17.6 Å². The molecule has 4 heteroatoms. The molecule has 0 saturated carbocycles. The van der Waals surface area contributed by atoms with Crippen LogP contribution in [0.15, 0.2) is 28.7 Å². The van der Waals surface area contributed by atoms with Gasteiger partial charge in [-0.2, -0.15) is 0 Å². The van der Waals surface area contributed by atoms with Crippen LogP contribution < -0.4 is 5.32 Å². The van der Waals surface area contributed by atoms with Gasteiger partial charge < -0.3 is 15.3 Å². The average molecular weight is 287 g/mol. The molecule has 0 radical (unpaired) electrons. The van der Waals surface area contributed by atoms with E-state index in [4.69, 9.17) is 0 Å². The molecule has 0 fully saturated rings. The van der Waals surface area contributed by atoms with Crippen LogP contribution in [0.5, 0.6) is 0 Å². The minimum atomic E-state index is 0.0213. The second-order valence-corrected chi connectivity index (χ2v) is 4.96. The third-order valence-electron chi connectivity index (χ3n) is 2.40. The number of nitrogens with one attached hydrogen (secondary N) is 1. The van der Waals surface area contributed by atoms with Gasteiger partial charge in [0.15, 0.2) is 0 Å². The maximum atomic E-state index is 9.33. The Labute approximate surface area is 106 Å². The van der Waals surface area contributed by atoms with Gasteiger partial charge in [-0.3, -0.25) is 0 Å². The normalized spacial score (nSPS) is 13.1. The van der Waals surface area contributed by atoms with Crippen molar-refractivity contribution in [2.45, 2.75) is 6.04 Å². The van der Waals surface area contributed by atoms with E-state index in [9.17, 15) is 5.11 Å². The third-order valence-corrected chi connectivity index (χ3v) is 2.93. The van der Waals surface area contributed by atoms with Crippen molar-refractivity contribution in [3.8, 4) is 0 Å². The number of halogens is 1. The highest BCUT2D eigenvalue weighted by Gasteiger charge is 2.08. The third kappa shape index (κ3) is 4.61. The van der Waals surface area contributed by atoms with Gasteiger partial charge in [0.05, 0.1) is 12.6 Å². The number of likely N-dealkylation sites (N-methyl/N-ethyl adjacent to an activating group) is 1. The number of nitrogens with zero attached hydrogens (tertiary/aromatic N) is 1. The van der Waals surface area contributed by atoms with Crippen LogP contribution in [0.1, 0.15) is 11.6 Å². The summed E-state index contributed by atoms with van der Waals surface area (Å²) in [5.74, 6) is 0. The van der Waals surface area contributed by atoms with E-state index in [1.165, 1.54) is 0 Å². The fraction of sp³-hybridized carbons (Fsp3) is 0.500. The Morgan fingerprint density at radius 3 is 2.44 bits per heavy atom. The zero-order valence-corrected chi connectivity index (χ0v) is 11.4. The average Bonchev–Trinajstić information content (AvgIpc) is 2.26. The van der Waals surface area contributed by atoms with E-state index in [1.54, 1.807) is 0 Å². The summed E-state index contributed by atoms with van der Waals surface area (Å²) in [4.78, 5) is 2.11. The van der Waals surface area contributed by atoms with Gasteiger partial charge >= 0.3 is 0 Å². The van der Waals surface area contributed by atoms with Gasteiger partial charge in [-0.1, -0.05) is 28.1 Å². The first-order valence-electron chi connectivity index (χ1n) is 5.38. The SMILES string of the molecule is CN(C)CCNC(CO)c1ccc(Br)cc1. The molecule has 1 unspecified atom stereocenters. The fourth-order valence-corrected chi connectivity index (χ4v) is 1.71. The molecule has 1 rings (SSSR count). The molecule has 1 aromatic carbocycles. The van der Waals surface area contributed by atoms with Crippen LogP contribution in [0, 0.1) is 0 Å². The Kier molecular flexibility index (Phi) is 5.98. The molecule has 1 aromatic rings. The van der Waals surface area contributed by atoms with Crippen LogP contribution in [0.4, 0.5) is 0 Å². The van der Waals surface area contributed by atoms with Crippen LogP contribution in [-0.4, -0.2) is 43.8 Å². The molecule has 0 bridgehead atoms. The Bertz CT molecular complexity index is 300. The molecule has 16 heavy (non-hydrogen) atoms. The Morgan fingerprint density at radius 1 is 1.31 bits per heavy atom. The highest BCUT2D eigenvalue weighted by molar-refractivity contribution is 9.10. The molecular weight excluding hydrogens is 268 g/mol. The molecule has 90 valence electrons. The van der Waals surface area contributed by atoms with Gasteiger partial charge in [-0.25, -0.2) is 0 Å². The summed E-state index contributed by atoms with van der Waals surface area (Å²) < 4.78 is 1.06. The predicted molar refractivity (Wildman–Crippen MR) is 70.5 cm³/mol. The maximum absolute atomic E-state index is 9.33. The van der Waals surface area contributed by atoms with E-state index < -0.39 is 0 Å². The number of benzene rings is 1. The monoisotopic (exact) mass is 286 g/mol. The molecule has 0 aromatic heterocycles. The number of aliphatic hydroxyl groups is 1. The smallest absolute Gasteiger partial charge is 0.0626 e. The molecule has 0 saturated heterocycles. The first-order valence-corrected chi connectivity index (χ1v) is 6.17. The van der Waals surface area contributed by atoms with Crippen LogP contribution in [0.25, 0.3) is 0 Å². The molecule has 0 aliphatic heterocycles. The van der Waals surface area contributed by atoms with E-state index in [2.05, 4.69) is 26.1 Å². The summed E-state index contributed by atoms with van der Waals surface area (Å²) in [6, 6.07) is 8.05. The van der Waals surface area contributed by atoms with Crippen molar-refractivity contribution >= 4 is 15.9 Å². The van der Waals surface area contributed by atoms with Crippen LogP contribution >= 0.6 is 15.9 Å². The van der Waals surface area contributed by atoms with Crippen LogP contribution in [0.3, 0.4) is 0 Å². The zero-order chi connectivity index (χ0) is 12.0. The number of rotatable bonds is 6. The van der Waals surface area contributed by atoms with E-state index in [1.807, 2.05) is 38.4 Å². The van der Waals surface area contributed by atoms with Gasteiger partial charge in [0.2, 0.25) is 0 Å². The van der Waals surface area contributed by atoms with Crippen molar-refractivity contribution in [3.05, 3.63) is 34.3 Å². The van der Waals surface area contributed by atoms with Crippen molar-refractivity contribution in [2.24, 2.45) is 0 Å².